The summed E-state index contributed by atoms with van der Waals surface area (Å²) in [6.45, 7) is 4.68. The van der Waals surface area contributed by atoms with E-state index in [0.717, 1.165) is 32.0 Å². The molecule has 8 heteroatoms. The molecule has 0 saturated carbocycles. The van der Waals surface area contributed by atoms with Crippen LogP contribution in [-0.2, 0) is 6.54 Å². The molecule has 0 radical (unpaired) electrons. The Morgan fingerprint density at radius 1 is 1.15 bits per heavy atom. The summed E-state index contributed by atoms with van der Waals surface area (Å²) in [7, 11) is 2.20. The predicted octanol–water partition coefficient (Wildman–Crippen LogP) is -0.575. The summed E-state index contributed by atoms with van der Waals surface area (Å²) in [6, 6.07) is 10.9. The molecule has 1 atom stereocenters. The predicted molar refractivity (Wildman–Crippen MR) is 96.8 cm³/mol. The number of nitrogens with zero attached hydrogens (tertiary/aromatic N) is 4. The third-order valence-corrected chi connectivity index (χ3v) is 5.93. The monoisotopic (exact) mass is 374 g/mol. The van der Waals surface area contributed by atoms with E-state index < -0.39 is 0 Å². The summed E-state index contributed by atoms with van der Waals surface area (Å²) in [6.07, 6.45) is 0. The van der Waals surface area contributed by atoms with Crippen molar-refractivity contribution in [1.29, 1.82) is 0 Å². The van der Waals surface area contributed by atoms with Gasteiger partial charge in [0, 0.05) is 4.88 Å². The number of piperazine rings is 1. The number of tetrazole rings is 1. The average Bonchev–Trinajstić information content (AvgIpc) is 3.31. The number of quaternary nitrogens is 2. The summed E-state index contributed by atoms with van der Waals surface area (Å²) >= 11 is 1.68. The van der Waals surface area contributed by atoms with Crippen LogP contribution >= 0.6 is 11.3 Å². The quantitative estimate of drug-likeness (QED) is 0.629. The van der Waals surface area contributed by atoms with E-state index in [-0.39, 0.29) is 11.9 Å². The van der Waals surface area contributed by atoms with Crippen molar-refractivity contribution in [3.8, 4) is 0 Å². The molecule has 2 N–H and O–H groups in total. The lowest BCUT2D eigenvalue weighted by Gasteiger charge is -2.32. The van der Waals surface area contributed by atoms with Crippen LogP contribution < -0.4 is 9.80 Å². The maximum absolute atomic E-state index is 14.7. The first-order chi connectivity index (χ1) is 12.7. The topological polar surface area (TPSA) is 52.5 Å². The van der Waals surface area contributed by atoms with Crippen molar-refractivity contribution >= 4 is 11.3 Å². The van der Waals surface area contributed by atoms with Gasteiger partial charge in [-0.2, -0.15) is 0 Å². The molecule has 1 aromatic carbocycles. The van der Waals surface area contributed by atoms with Gasteiger partial charge in [0.25, 0.3) is 0 Å². The van der Waals surface area contributed by atoms with Crippen molar-refractivity contribution in [1.82, 2.24) is 20.2 Å². The minimum atomic E-state index is -0.195. The Morgan fingerprint density at radius 3 is 2.69 bits per heavy atom. The molecule has 0 amide bonds. The van der Waals surface area contributed by atoms with Gasteiger partial charge in [-0.05, 0) is 34.0 Å². The Labute approximate surface area is 155 Å². The number of aromatic nitrogens is 4. The van der Waals surface area contributed by atoms with Gasteiger partial charge < -0.3 is 9.80 Å². The number of rotatable bonds is 5. The molecule has 6 nitrogen and oxygen atoms in total. The molecular formula is C18H23FN6S+2. The highest BCUT2D eigenvalue weighted by molar-refractivity contribution is 7.09. The number of hydrogen-bond donors (Lipinski definition) is 2. The Bertz CT molecular complexity index is 841. The maximum atomic E-state index is 14.7. The smallest absolute Gasteiger partial charge is 0.214 e. The summed E-state index contributed by atoms with van der Waals surface area (Å²) in [5.74, 6) is 0.542. The van der Waals surface area contributed by atoms with Crippen molar-refractivity contribution in [3.63, 3.8) is 0 Å². The number of nitrogens with one attached hydrogen (secondary N) is 2. The van der Waals surface area contributed by atoms with Gasteiger partial charge in [0.15, 0.2) is 6.04 Å². The van der Waals surface area contributed by atoms with Crippen molar-refractivity contribution < 1.29 is 14.2 Å². The number of halogens is 1. The van der Waals surface area contributed by atoms with Crippen LogP contribution in [0.4, 0.5) is 4.39 Å². The fourth-order valence-electron chi connectivity index (χ4n) is 3.62. The molecule has 0 spiro atoms. The Kier molecular flexibility index (Phi) is 5.05. The van der Waals surface area contributed by atoms with Gasteiger partial charge in [0.2, 0.25) is 5.82 Å². The number of thiophene rings is 1. The van der Waals surface area contributed by atoms with Gasteiger partial charge >= 0.3 is 0 Å². The average molecular weight is 374 g/mol. The standard InChI is InChI=1S/C18H21FN6S/c1-23-8-10-24(11-9-23)17(15-6-2-3-7-16(15)19)18-20-21-22-25(18)13-14-5-4-12-26-14/h2-7,12,17H,8-11,13H2,1H3/p+2/t17-/m0/s1. The zero-order valence-corrected chi connectivity index (χ0v) is 15.5. The lowest BCUT2D eigenvalue weighted by molar-refractivity contribution is -1.02. The van der Waals surface area contributed by atoms with E-state index >= 15 is 0 Å². The number of likely N-dealkylation sites (N-methyl/N-ethyl adjacent to an activating group) is 1. The second-order valence-corrected chi connectivity index (χ2v) is 7.88. The molecule has 0 bridgehead atoms. The molecule has 0 unspecified atom stereocenters. The second kappa shape index (κ2) is 7.61. The molecule has 26 heavy (non-hydrogen) atoms. The fraction of sp³-hybridized carbons (Fsp3) is 0.389. The van der Waals surface area contributed by atoms with Gasteiger partial charge in [-0.15, -0.1) is 16.4 Å². The normalized spacial score (nSPS) is 21.6. The van der Waals surface area contributed by atoms with E-state index in [1.165, 1.54) is 20.7 Å². The molecular weight excluding hydrogens is 351 g/mol. The van der Waals surface area contributed by atoms with Gasteiger partial charge in [0.1, 0.15) is 32.0 Å². The highest BCUT2D eigenvalue weighted by Crippen LogP contribution is 2.21. The Morgan fingerprint density at radius 2 is 1.96 bits per heavy atom. The van der Waals surface area contributed by atoms with E-state index in [1.807, 2.05) is 28.3 Å². The van der Waals surface area contributed by atoms with Crippen molar-refractivity contribution in [3.05, 3.63) is 63.9 Å². The van der Waals surface area contributed by atoms with Crippen molar-refractivity contribution in [2.24, 2.45) is 0 Å². The fourth-order valence-corrected chi connectivity index (χ4v) is 4.30. The summed E-state index contributed by atoms with van der Waals surface area (Å²) < 4.78 is 16.5. The van der Waals surface area contributed by atoms with Crippen LogP contribution in [-0.4, -0.2) is 53.4 Å². The van der Waals surface area contributed by atoms with Crippen LogP contribution in [0.25, 0.3) is 0 Å². The van der Waals surface area contributed by atoms with Crippen LogP contribution in [0.3, 0.4) is 0 Å². The van der Waals surface area contributed by atoms with E-state index in [2.05, 4.69) is 28.6 Å². The number of hydrogen-bond acceptors (Lipinski definition) is 4. The number of benzene rings is 1. The Balaban J connectivity index is 1.72. The molecule has 3 heterocycles. The highest BCUT2D eigenvalue weighted by atomic mass is 32.1. The minimum Gasteiger partial charge on any atom is -0.328 e. The zero-order valence-electron chi connectivity index (χ0n) is 14.7. The van der Waals surface area contributed by atoms with Crippen LogP contribution in [0.1, 0.15) is 22.3 Å². The van der Waals surface area contributed by atoms with Crippen LogP contribution in [0, 0.1) is 5.82 Å². The van der Waals surface area contributed by atoms with Crippen molar-refractivity contribution in [2.45, 2.75) is 12.6 Å². The van der Waals surface area contributed by atoms with Crippen molar-refractivity contribution in [2.75, 3.05) is 33.2 Å². The molecule has 1 aliphatic heterocycles. The Hall–Kier alpha value is -2.16. The molecule has 3 aromatic rings. The van der Waals surface area contributed by atoms with Gasteiger partial charge in [-0.25, -0.2) is 9.07 Å². The highest BCUT2D eigenvalue weighted by Gasteiger charge is 2.36. The summed E-state index contributed by atoms with van der Waals surface area (Å²) in [5, 5.41) is 14.5. The molecule has 2 aromatic heterocycles. The second-order valence-electron chi connectivity index (χ2n) is 6.84. The molecule has 1 saturated heterocycles. The van der Waals surface area contributed by atoms with E-state index in [1.54, 1.807) is 17.4 Å². The van der Waals surface area contributed by atoms with Gasteiger partial charge in [0.05, 0.1) is 19.2 Å². The summed E-state index contributed by atoms with van der Waals surface area (Å²) in [4.78, 5) is 4.02. The van der Waals surface area contributed by atoms with E-state index in [9.17, 15) is 4.39 Å². The van der Waals surface area contributed by atoms with Crippen LogP contribution in [0.2, 0.25) is 0 Å². The van der Waals surface area contributed by atoms with Crippen LogP contribution in [0.15, 0.2) is 41.8 Å². The maximum Gasteiger partial charge on any atom is 0.214 e. The molecule has 1 aliphatic rings. The minimum absolute atomic E-state index is 0.193. The lowest BCUT2D eigenvalue weighted by Crippen LogP contribution is -3.27. The summed E-state index contributed by atoms with van der Waals surface area (Å²) in [5.41, 5.74) is 0.671. The molecule has 136 valence electrons. The van der Waals surface area contributed by atoms with Crippen LogP contribution in [0.5, 0.6) is 0 Å². The van der Waals surface area contributed by atoms with Gasteiger partial charge in [-0.3, -0.25) is 0 Å². The SMILES string of the molecule is C[NH+]1CC[NH+]([C@@H](c2ccccc2F)c2nnnn2Cc2cccs2)CC1. The largest absolute Gasteiger partial charge is 0.328 e. The zero-order chi connectivity index (χ0) is 17.9. The third-order valence-electron chi connectivity index (χ3n) is 5.07. The first-order valence-corrected chi connectivity index (χ1v) is 9.79. The van der Waals surface area contributed by atoms with Gasteiger partial charge in [-0.1, -0.05) is 18.2 Å². The molecule has 4 rings (SSSR count). The molecule has 0 aliphatic carbocycles. The van der Waals surface area contributed by atoms with E-state index in [4.69, 9.17) is 0 Å². The first-order valence-electron chi connectivity index (χ1n) is 8.91. The first kappa shape index (κ1) is 17.3. The molecule has 1 fully saturated rings. The van der Waals surface area contributed by atoms with E-state index in [0.29, 0.717) is 12.1 Å². The third kappa shape index (κ3) is 3.53. The lowest BCUT2D eigenvalue weighted by atomic mass is 10.0.